The monoisotopic (exact) mass is 185 g/mol. The molecular formula is C10H19NO2. The number of hydrogen-bond donors (Lipinski definition) is 1. The Balaban J connectivity index is 3.39. The van der Waals surface area contributed by atoms with E-state index < -0.39 is 5.97 Å². The van der Waals surface area contributed by atoms with Gasteiger partial charge >= 0.3 is 5.97 Å². The molecule has 0 fully saturated rings. The van der Waals surface area contributed by atoms with Crippen LogP contribution in [-0.4, -0.2) is 36.1 Å². The average Bonchev–Trinajstić information content (AvgIpc) is 2.04. The lowest BCUT2D eigenvalue weighted by Gasteiger charge is -2.12. The third-order valence-corrected chi connectivity index (χ3v) is 1.82. The lowest BCUT2D eigenvalue weighted by molar-refractivity contribution is -0.131. The Morgan fingerprint density at radius 3 is 2.69 bits per heavy atom. The second kappa shape index (κ2) is 7.80. The summed E-state index contributed by atoms with van der Waals surface area (Å²) in [7, 11) is 2.00. The number of unbranched alkanes of at least 4 members (excludes halogenated alkanes) is 2. The molecule has 0 saturated heterocycles. The summed E-state index contributed by atoms with van der Waals surface area (Å²) in [5.41, 5.74) is 0. The fourth-order valence-corrected chi connectivity index (χ4v) is 1.06. The highest BCUT2D eigenvalue weighted by Crippen LogP contribution is 1.95. The van der Waals surface area contributed by atoms with Crippen LogP contribution in [0.15, 0.2) is 12.2 Å². The smallest absolute Gasteiger partial charge is 0.328 e. The normalized spacial score (nSPS) is 11.3. The minimum atomic E-state index is -0.873. The van der Waals surface area contributed by atoms with Crippen LogP contribution in [0.2, 0.25) is 0 Å². The van der Waals surface area contributed by atoms with Crippen LogP contribution < -0.4 is 0 Å². The van der Waals surface area contributed by atoms with Gasteiger partial charge in [0.1, 0.15) is 0 Å². The van der Waals surface area contributed by atoms with Crippen molar-refractivity contribution in [1.29, 1.82) is 0 Å². The van der Waals surface area contributed by atoms with Crippen molar-refractivity contribution in [3.05, 3.63) is 12.2 Å². The van der Waals surface area contributed by atoms with Crippen LogP contribution >= 0.6 is 0 Å². The average molecular weight is 185 g/mol. The van der Waals surface area contributed by atoms with Gasteiger partial charge in [0.25, 0.3) is 0 Å². The van der Waals surface area contributed by atoms with Crippen molar-refractivity contribution in [3.63, 3.8) is 0 Å². The summed E-state index contributed by atoms with van der Waals surface area (Å²) in [6.45, 7) is 3.93. The topological polar surface area (TPSA) is 40.5 Å². The summed E-state index contributed by atoms with van der Waals surface area (Å²) in [6, 6.07) is 0. The third-order valence-electron chi connectivity index (χ3n) is 1.82. The maximum Gasteiger partial charge on any atom is 0.328 e. The molecule has 0 amide bonds. The Bertz CT molecular complexity index is 166. The molecule has 0 bridgehead atoms. The predicted molar refractivity (Wildman–Crippen MR) is 53.8 cm³/mol. The van der Waals surface area contributed by atoms with Crippen molar-refractivity contribution < 1.29 is 9.90 Å². The van der Waals surface area contributed by atoms with Crippen LogP contribution in [0.3, 0.4) is 0 Å². The molecule has 0 rings (SSSR count). The predicted octanol–water partition coefficient (Wildman–Crippen LogP) is 1.75. The van der Waals surface area contributed by atoms with Crippen LogP contribution in [0, 0.1) is 0 Å². The standard InChI is InChI=1S/C10H19NO2/c1-3-4-5-8-11(2)9-6-7-10(12)13/h6-7H,3-5,8-9H2,1-2H3,(H,12,13). The molecule has 0 heterocycles. The van der Waals surface area contributed by atoms with Crippen molar-refractivity contribution in [2.45, 2.75) is 26.2 Å². The van der Waals surface area contributed by atoms with E-state index in [1.165, 1.54) is 25.3 Å². The second-order valence-corrected chi connectivity index (χ2v) is 3.21. The molecule has 0 aromatic carbocycles. The SMILES string of the molecule is CCCCCN(C)CC=CC(=O)O. The maximum absolute atomic E-state index is 10.1. The van der Waals surface area contributed by atoms with Gasteiger partial charge in [-0.05, 0) is 20.0 Å². The van der Waals surface area contributed by atoms with Crippen LogP contribution in [0.1, 0.15) is 26.2 Å². The summed E-state index contributed by atoms with van der Waals surface area (Å²) in [5.74, 6) is -0.873. The minimum absolute atomic E-state index is 0.718. The number of rotatable bonds is 7. The van der Waals surface area contributed by atoms with Crippen LogP contribution in [0.5, 0.6) is 0 Å². The molecule has 3 heteroatoms. The Hall–Kier alpha value is -0.830. The number of aliphatic carboxylic acids is 1. The molecule has 76 valence electrons. The summed E-state index contributed by atoms with van der Waals surface area (Å²) in [4.78, 5) is 12.3. The summed E-state index contributed by atoms with van der Waals surface area (Å²) < 4.78 is 0. The minimum Gasteiger partial charge on any atom is -0.478 e. The first-order valence-electron chi connectivity index (χ1n) is 4.74. The van der Waals surface area contributed by atoms with E-state index in [9.17, 15) is 4.79 Å². The number of likely N-dealkylation sites (N-methyl/N-ethyl adjacent to an activating group) is 1. The molecule has 0 spiro atoms. The fourth-order valence-electron chi connectivity index (χ4n) is 1.06. The largest absolute Gasteiger partial charge is 0.478 e. The Kier molecular flexibility index (Phi) is 7.30. The summed E-state index contributed by atoms with van der Waals surface area (Å²) in [6.07, 6.45) is 6.52. The molecule has 0 aliphatic carbocycles. The van der Waals surface area contributed by atoms with Gasteiger partial charge in [-0.3, -0.25) is 0 Å². The van der Waals surface area contributed by atoms with Crippen molar-refractivity contribution >= 4 is 5.97 Å². The number of carboxylic acids is 1. The molecular weight excluding hydrogens is 166 g/mol. The molecule has 0 aliphatic rings. The molecule has 3 nitrogen and oxygen atoms in total. The molecule has 0 unspecified atom stereocenters. The Morgan fingerprint density at radius 1 is 1.46 bits per heavy atom. The second-order valence-electron chi connectivity index (χ2n) is 3.21. The number of hydrogen-bond acceptors (Lipinski definition) is 2. The van der Waals surface area contributed by atoms with Crippen molar-refractivity contribution in [1.82, 2.24) is 4.90 Å². The van der Waals surface area contributed by atoms with Gasteiger partial charge in [-0.25, -0.2) is 4.79 Å². The van der Waals surface area contributed by atoms with E-state index in [0.29, 0.717) is 0 Å². The number of carboxylic acid groups (broad SMARTS) is 1. The van der Waals surface area contributed by atoms with E-state index in [1.54, 1.807) is 6.08 Å². The first kappa shape index (κ1) is 12.2. The van der Waals surface area contributed by atoms with Gasteiger partial charge in [-0.1, -0.05) is 25.8 Å². The highest BCUT2D eigenvalue weighted by molar-refractivity contribution is 5.79. The maximum atomic E-state index is 10.1. The van der Waals surface area contributed by atoms with E-state index in [1.807, 2.05) is 7.05 Å². The zero-order chi connectivity index (χ0) is 10.1. The highest BCUT2D eigenvalue weighted by Gasteiger charge is 1.94. The van der Waals surface area contributed by atoms with Crippen LogP contribution in [0.25, 0.3) is 0 Å². The van der Waals surface area contributed by atoms with Gasteiger partial charge in [-0.15, -0.1) is 0 Å². The molecule has 0 aromatic heterocycles. The van der Waals surface area contributed by atoms with E-state index in [-0.39, 0.29) is 0 Å². The third kappa shape index (κ3) is 9.08. The zero-order valence-electron chi connectivity index (χ0n) is 8.49. The van der Waals surface area contributed by atoms with E-state index in [2.05, 4.69) is 11.8 Å². The molecule has 0 saturated carbocycles. The Morgan fingerprint density at radius 2 is 2.15 bits per heavy atom. The van der Waals surface area contributed by atoms with Gasteiger partial charge in [0.2, 0.25) is 0 Å². The quantitative estimate of drug-likeness (QED) is 0.485. The Labute approximate surface area is 80.0 Å². The van der Waals surface area contributed by atoms with Gasteiger partial charge in [0, 0.05) is 12.6 Å². The lowest BCUT2D eigenvalue weighted by Crippen LogP contribution is -2.19. The number of nitrogens with zero attached hydrogens (tertiary/aromatic N) is 1. The summed E-state index contributed by atoms with van der Waals surface area (Å²) in [5, 5.41) is 8.34. The van der Waals surface area contributed by atoms with Crippen molar-refractivity contribution in [2.24, 2.45) is 0 Å². The molecule has 0 aliphatic heterocycles. The van der Waals surface area contributed by atoms with Gasteiger partial charge in [0.05, 0.1) is 0 Å². The van der Waals surface area contributed by atoms with Crippen molar-refractivity contribution in [2.75, 3.05) is 20.1 Å². The molecule has 0 atom stereocenters. The first-order valence-corrected chi connectivity index (χ1v) is 4.74. The van der Waals surface area contributed by atoms with E-state index in [4.69, 9.17) is 5.11 Å². The van der Waals surface area contributed by atoms with Crippen LogP contribution in [0.4, 0.5) is 0 Å². The zero-order valence-corrected chi connectivity index (χ0v) is 8.49. The van der Waals surface area contributed by atoms with E-state index in [0.717, 1.165) is 13.1 Å². The van der Waals surface area contributed by atoms with Crippen molar-refractivity contribution in [3.8, 4) is 0 Å². The van der Waals surface area contributed by atoms with Gasteiger partial charge in [-0.2, -0.15) is 0 Å². The molecule has 1 N–H and O–H groups in total. The van der Waals surface area contributed by atoms with Crippen LogP contribution in [-0.2, 0) is 4.79 Å². The molecule has 0 aromatic rings. The van der Waals surface area contributed by atoms with Gasteiger partial charge < -0.3 is 10.0 Å². The number of carbonyl (C=O) groups is 1. The lowest BCUT2D eigenvalue weighted by atomic mass is 10.2. The highest BCUT2D eigenvalue weighted by atomic mass is 16.4. The van der Waals surface area contributed by atoms with Gasteiger partial charge in [0.15, 0.2) is 0 Å². The summed E-state index contributed by atoms with van der Waals surface area (Å²) >= 11 is 0. The fraction of sp³-hybridized carbons (Fsp3) is 0.700. The molecule has 13 heavy (non-hydrogen) atoms. The van der Waals surface area contributed by atoms with E-state index >= 15 is 0 Å². The molecule has 0 radical (unpaired) electrons. The first-order chi connectivity index (χ1) is 6.16.